The molecule has 1 fully saturated rings. The van der Waals surface area contributed by atoms with Crippen molar-refractivity contribution in [2.75, 3.05) is 28.0 Å². The van der Waals surface area contributed by atoms with E-state index in [0.29, 0.717) is 17.9 Å². The van der Waals surface area contributed by atoms with Crippen LogP contribution in [0.15, 0.2) is 48.7 Å². The number of halogens is 3. The van der Waals surface area contributed by atoms with Gasteiger partial charge in [-0.3, -0.25) is 4.79 Å². The lowest BCUT2D eigenvalue weighted by atomic mass is 9.66. The van der Waals surface area contributed by atoms with Gasteiger partial charge in [-0.05, 0) is 54.8 Å². The van der Waals surface area contributed by atoms with Crippen LogP contribution in [0.5, 0.6) is 0 Å². The highest BCUT2D eigenvalue weighted by Crippen LogP contribution is 2.53. The Hall–Kier alpha value is -3.26. The molecule has 2 aromatic carbocycles. The summed E-state index contributed by atoms with van der Waals surface area (Å²) in [5.41, 5.74) is 3.11. The van der Waals surface area contributed by atoms with Gasteiger partial charge in [0.15, 0.2) is 11.6 Å². The second-order valence-corrected chi connectivity index (χ2v) is 8.39. The van der Waals surface area contributed by atoms with Gasteiger partial charge in [0.2, 0.25) is 11.9 Å². The predicted octanol–water partition coefficient (Wildman–Crippen LogP) is 5.25. The molecule has 1 spiro atoms. The van der Waals surface area contributed by atoms with Crippen molar-refractivity contribution in [3.63, 3.8) is 0 Å². The normalized spacial score (nSPS) is 15.9. The minimum Gasteiger partial charge on any atom is -0.338 e. The molecule has 1 aromatic heterocycles. The van der Waals surface area contributed by atoms with Crippen molar-refractivity contribution in [1.29, 1.82) is 0 Å². The lowest BCUT2D eigenvalue weighted by Gasteiger charge is -2.38. The monoisotopic (exact) mass is 455 g/mol. The molecule has 5 rings (SSSR count). The van der Waals surface area contributed by atoms with Gasteiger partial charge < -0.3 is 15.5 Å². The average Bonchev–Trinajstić information content (AvgIpc) is 3.12. The zero-order chi connectivity index (χ0) is 22.3. The first-order valence-corrected chi connectivity index (χ1v) is 10.8. The maximum atomic E-state index is 14.4. The van der Waals surface area contributed by atoms with Crippen LogP contribution < -0.4 is 15.5 Å². The fourth-order valence-corrected chi connectivity index (χ4v) is 4.54. The van der Waals surface area contributed by atoms with Gasteiger partial charge in [0, 0.05) is 29.0 Å². The number of carbonyl (C=O) groups is 1. The van der Waals surface area contributed by atoms with Crippen molar-refractivity contribution in [3.8, 4) is 0 Å². The molecule has 6 nitrogen and oxygen atoms in total. The number of benzene rings is 2. The van der Waals surface area contributed by atoms with Crippen LogP contribution in [0.4, 0.5) is 37.6 Å². The Balaban J connectivity index is 1.42. The van der Waals surface area contributed by atoms with Gasteiger partial charge in [-0.1, -0.05) is 12.5 Å². The number of alkyl halides is 1. The minimum atomic E-state index is -0.626. The van der Waals surface area contributed by atoms with Crippen LogP contribution in [-0.4, -0.2) is 28.3 Å². The van der Waals surface area contributed by atoms with Gasteiger partial charge in [0.25, 0.3) is 0 Å². The van der Waals surface area contributed by atoms with E-state index < -0.39 is 5.82 Å². The Morgan fingerprint density at radius 1 is 1.09 bits per heavy atom. The van der Waals surface area contributed by atoms with Crippen LogP contribution in [-0.2, 0) is 10.2 Å². The van der Waals surface area contributed by atoms with E-state index in [1.54, 1.807) is 4.90 Å². The van der Waals surface area contributed by atoms with Crippen LogP contribution in [0.1, 0.15) is 24.8 Å². The summed E-state index contributed by atoms with van der Waals surface area (Å²) < 4.78 is 27.5. The second-order valence-electron chi connectivity index (χ2n) is 8.13. The number of nitrogens with one attached hydrogen (secondary N) is 2. The number of rotatable bonds is 5. The molecule has 9 heteroatoms. The molecule has 3 aromatic rings. The Morgan fingerprint density at radius 3 is 2.53 bits per heavy atom. The van der Waals surface area contributed by atoms with E-state index in [0.717, 1.165) is 36.7 Å². The van der Waals surface area contributed by atoms with Gasteiger partial charge in [-0.2, -0.15) is 4.98 Å². The zero-order valence-electron chi connectivity index (χ0n) is 17.0. The maximum absolute atomic E-state index is 14.4. The van der Waals surface area contributed by atoms with E-state index in [1.165, 1.54) is 24.3 Å². The molecule has 164 valence electrons. The first kappa shape index (κ1) is 20.6. The summed E-state index contributed by atoms with van der Waals surface area (Å²) in [5.74, 6) is -1.08. The summed E-state index contributed by atoms with van der Waals surface area (Å²) in [7, 11) is 0. The van der Waals surface area contributed by atoms with Gasteiger partial charge in [0.05, 0.1) is 6.20 Å². The number of aromatic nitrogens is 2. The SMILES string of the molecule is O=C(CCl)N1CC2(CCC2)c2ccc(Nc3nc(Nc4ccc(F)cc4)ncc3F)cc21. The van der Waals surface area contributed by atoms with Crippen molar-refractivity contribution in [3.05, 3.63) is 65.9 Å². The number of amides is 1. The molecule has 0 atom stereocenters. The molecule has 0 unspecified atom stereocenters. The highest BCUT2D eigenvalue weighted by atomic mass is 35.5. The molecule has 2 aliphatic rings. The number of fused-ring (bicyclic) bond motifs is 2. The first-order chi connectivity index (χ1) is 15.5. The van der Waals surface area contributed by atoms with Gasteiger partial charge in [-0.25, -0.2) is 13.8 Å². The van der Waals surface area contributed by atoms with Crippen molar-refractivity contribution in [2.24, 2.45) is 0 Å². The summed E-state index contributed by atoms with van der Waals surface area (Å²) in [4.78, 5) is 22.3. The molecule has 32 heavy (non-hydrogen) atoms. The van der Waals surface area contributed by atoms with Crippen LogP contribution in [0.3, 0.4) is 0 Å². The van der Waals surface area contributed by atoms with Crippen molar-refractivity contribution in [2.45, 2.75) is 24.7 Å². The quantitative estimate of drug-likeness (QED) is 0.514. The fraction of sp³-hybridized carbons (Fsp3) is 0.261. The van der Waals surface area contributed by atoms with Gasteiger partial charge >= 0.3 is 0 Å². The Bertz CT molecular complexity index is 1180. The fourth-order valence-electron chi connectivity index (χ4n) is 4.39. The smallest absolute Gasteiger partial charge is 0.241 e. The number of carbonyl (C=O) groups excluding carboxylic acids is 1. The highest BCUT2D eigenvalue weighted by Gasteiger charge is 2.48. The van der Waals surface area contributed by atoms with E-state index in [1.807, 2.05) is 18.2 Å². The molecule has 0 saturated heterocycles. The van der Waals surface area contributed by atoms with Crippen molar-refractivity contribution in [1.82, 2.24) is 9.97 Å². The number of hydrogen-bond acceptors (Lipinski definition) is 5. The maximum Gasteiger partial charge on any atom is 0.241 e. The minimum absolute atomic E-state index is 0.00198. The standard InChI is InChI=1S/C23H20ClF2N5O/c24-11-20(32)31-13-23(8-1-9-23)17-7-6-16(10-19(17)31)28-21-18(26)12-27-22(30-21)29-15-4-2-14(25)3-5-15/h2-7,10,12H,1,8-9,11,13H2,(H2,27,28,29,30). The summed E-state index contributed by atoms with van der Waals surface area (Å²) in [6.45, 7) is 0.630. The second kappa shape index (κ2) is 8.02. The summed E-state index contributed by atoms with van der Waals surface area (Å²) >= 11 is 5.83. The molecule has 2 N–H and O–H groups in total. The summed E-state index contributed by atoms with van der Waals surface area (Å²) in [6, 6.07) is 11.4. The molecular formula is C23H20ClF2N5O. The van der Waals surface area contributed by atoms with Crippen molar-refractivity contribution < 1.29 is 13.6 Å². The zero-order valence-corrected chi connectivity index (χ0v) is 17.8. The Kier molecular flexibility index (Phi) is 5.17. The topological polar surface area (TPSA) is 70.2 Å². The van der Waals surface area contributed by atoms with Crippen molar-refractivity contribution >= 4 is 46.3 Å². The molecular weight excluding hydrogens is 436 g/mol. The molecule has 0 radical (unpaired) electrons. The lowest BCUT2D eigenvalue weighted by molar-refractivity contribution is -0.116. The third-order valence-electron chi connectivity index (χ3n) is 6.15. The van der Waals surface area contributed by atoms with Gasteiger partial charge in [0.1, 0.15) is 11.7 Å². The average molecular weight is 456 g/mol. The van der Waals surface area contributed by atoms with E-state index in [9.17, 15) is 13.6 Å². The third-order valence-corrected chi connectivity index (χ3v) is 6.38. The Labute approximate surface area is 188 Å². The first-order valence-electron chi connectivity index (χ1n) is 10.3. The molecule has 0 bridgehead atoms. The van der Waals surface area contributed by atoms with E-state index >= 15 is 0 Å². The molecule has 2 heterocycles. The molecule has 1 aliphatic carbocycles. The van der Waals surface area contributed by atoms with Crippen LogP contribution in [0, 0.1) is 11.6 Å². The summed E-state index contributed by atoms with van der Waals surface area (Å²) in [5, 5.41) is 5.90. The van der Waals surface area contributed by atoms with Crippen LogP contribution in [0.2, 0.25) is 0 Å². The summed E-state index contributed by atoms with van der Waals surface area (Å²) in [6.07, 6.45) is 4.27. The molecule has 1 saturated carbocycles. The lowest BCUT2D eigenvalue weighted by Crippen LogP contribution is -2.41. The van der Waals surface area contributed by atoms with E-state index in [4.69, 9.17) is 11.6 Å². The molecule has 1 aliphatic heterocycles. The number of hydrogen-bond donors (Lipinski definition) is 2. The highest BCUT2D eigenvalue weighted by molar-refractivity contribution is 6.29. The number of anilines is 5. The largest absolute Gasteiger partial charge is 0.338 e. The van der Waals surface area contributed by atoms with Crippen LogP contribution >= 0.6 is 11.6 Å². The van der Waals surface area contributed by atoms with E-state index in [2.05, 4.69) is 20.6 Å². The number of nitrogens with zero attached hydrogens (tertiary/aromatic N) is 3. The predicted molar refractivity (Wildman–Crippen MR) is 120 cm³/mol. The van der Waals surface area contributed by atoms with Gasteiger partial charge in [-0.15, -0.1) is 11.6 Å². The Morgan fingerprint density at radius 2 is 1.84 bits per heavy atom. The van der Waals surface area contributed by atoms with E-state index in [-0.39, 0.29) is 34.8 Å². The van der Waals surface area contributed by atoms with Crippen LogP contribution in [0.25, 0.3) is 0 Å². The molecule has 1 amide bonds. The third kappa shape index (κ3) is 3.64.